The Morgan fingerprint density at radius 1 is 1.25 bits per heavy atom. The molecule has 1 amide bonds. The lowest BCUT2D eigenvalue weighted by atomic mass is 10.1. The number of amides is 1. The molecule has 2 aromatic heterocycles. The zero-order valence-electron chi connectivity index (χ0n) is 13.0. The third-order valence-corrected chi connectivity index (χ3v) is 3.40. The molecule has 0 fully saturated rings. The lowest BCUT2D eigenvalue weighted by Gasteiger charge is -2.15. The Bertz CT molecular complexity index is 984. The summed E-state index contributed by atoms with van der Waals surface area (Å²) in [6.07, 6.45) is 2.63. The predicted octanol–water partition coefficient (Wildman–Crippen LogP) is 1.78. The van der Waals surface area contributed by atoms with Crippen molar-refractivity contribution in [3.8, 4) is 0 Å². The van der Waals surface area contributed by atoms with E-state index >= 15 is 0 Å². The Morgan fingerprint density at radius 2 is 2.04 bits per heavy atom. The van der Waals surface area contributed by atoms with Crippen LogP contribution in [0.15, 0.2) is 41.6 Å². The van der Waals surface area contributed by atoms with Gasteiger partial charge in [-0.15, -0.1) is 0 Å². The van der Waals surface area contributed by atoms with Crippen molar-refractivity contribution in [2.75, 3.05) is 24.3 Å². The first kappa shape index (κ1) is 15.6. The van der Waals surface area contributed by atoms with Crippen LogP contribution < -0.4 is 15.8 Å². The number of nitrogens with zero attached hydrogens (tertiary/aromatic N) is 3. The third kappa shape index (κ3) is 2.94. The zero-order chi connectivity index (χ0) is 17.3. The van der Waals surface area contributed by atoms with E-state index in [0.29, 0.717) is 16.7 Å². The van der Waals surface area contributed by atoms with Crippen LogP contribution in [0, 0.1) is 5.82 Å². The second-order valence-corrected chi connectivity index (χ2v) is 5.34. The predicted molar refractivity (Wildman–Crippen MR) is 88.8 cm³/mol. The average molecular weight is 327 g/mol. The Morgan fingerprint density at radius 3 is 2.79 bits per heavy atom. The normalized spacial score (nSPS) is 10.6. The number of H-pyrrole nitrogens is 1. The van der Waals surface area contributed by atoms with Crippen molar-refractivity contribution in [1.29, 1.82) is 0 Å². The Hall–Kier alpha value is -3.29. The average Bonchev–Trinajstić information content (AvgIpc) is 2.55. The van der Waals surface area contributed by atoms with E-state index in [4.69, 9.17) is 0 Å². The van der Waals surface area contributed by atoms with Crippen LogP contribution in [-0.2, 0) is 0 Å². The van der Waals surface area contributed by atoms with Crippen molar-refractivity contribution >= 4 is 28.3 Å². The molecule has 1 aromatic carbocycles. The first-order valence-electron chi connectivity index (χ1n) is 7.07. The summed E-state index contributed by atoms with van der Waals surface area (Å²) in [6.45, 7) is 0. The first-order chi connectivity index (χ1) is 11.5. The maximum absolute atomic E-state index is 13.3. The fourth-order valence-electron chi connectivity index (χ4n) is 2.25. The van der Waals surface area contributed by atoms with Crippen molar-refractivity contribution < 1.29 is 9.18 Å². The summed E-state index contributed by atoms with van der Waals surface area (Å²) in [5.74, 6) is -0.623. The van der Waals surface area contributed by atoms with Gasteiger partial charge in [-0.3, -0.25) is 14.6 Å². The monoisotopic (exact) mass is 327 g/mol. The van der Waals surface area contributed by atoms with E-state index in [1.165, 1.54) is 36.8 Å². The number of rotatable bonds is 3. The molecule has 0 aliphatic rings. The molecule has 0 unspecified atom stereocenters. The Kier molecular flexibility index (Phi) is 3.95. The van der Waals surface area contributed by atoms with E-state index < -0.39 is 17.3 Å². The van der Waals surface area contributed by atoms with Crippen LogP contribution in [0.25, 0.3) is 10.9 Å². The van der Waals surface area contributed by atoms with Crippen LogP contribution in [0.3, 0.4) is 0 Å². The number of anilines is 2. The summed E-state index contributed by atoms with van der Waals surface area (Å²) in [7, 11) is 3.41. The van der Waals surface area contributed by atoms with Crippen LogP contribution in [0.4, 0.5) is 15.9 Å². The first-order valence-corrected chi connectivity index (χ1v) is 7.07. The van der Waals surface area contributed by atoms with Gasteiger partial charge in [-0.1, -0.05) is 0 Å². The molecular formula is C16H14FN5O2. The minimum absolute atomic E-state index is 0.0341. The van der Waals surface area contributed by atoms with E-state index in [0.717, 1.165) is 0 Å². The number of hydrogen-bond donors (Lipinski definition) is 2. The molecule has 0 bridgehead atoms. The van der Waals surface area contributed by atoms with E-state index in [2.05, 4.69) is 20.3 Å². The van der Waals surface area contributed by atoms with E-state index in [-0.39, 0.29) is 11.3 Å². The molecule has 3 rings (SSSR count). The molecule has 7 nitrogen and oxygen atoms in total. The molecule has 0 saturated carbocycles. The van der Waals surface area contributed by atoms with Gasteiger partial charge in [0.05, 0.1) is 17.4 Å². The Labute approximate surface area is 136 Å². The van der Waals surface area contributed by atoms with Crippen LogP contribution >= 0.6 is 0 Å². The smallest absolute Gasteiger partial charge is 0.276 e. The van der Waals surface area contributed by atoms with Crippen LogP contribution in [0.5, 0.6) is 0 Å². The van der Waals surface area contributed by atoms with Gasteiger partial charge in [0.2, 0.25) is 0 Å². The second kappa shape index (κ2) is 6.07. The van der Waals surface area contributed by atoms with Gasteiger partial charge in [0.1, 0.15) is 5.82 Å². The van der Waals surface area contributed by atoms with Gasteiger partial charge >= 0.3 is 0 Å². The van der Waals surface area contributed by atoms with Crippen molar-refractivity contribution in [1.82, 2.24) is 15.0 Å². The zero-order valence-corrected chi connectivity index (χ0v) is 13.0. The summed E-state index contributed by atoms with van der Waals surface area (Å²) < 4.78 is 13.3. The summed E-state index contributed by atoms with van der Waals surface area (Å²) in [6, 6.07) is 5.64. The third-order valence-electron chi connectivity index (χ3n) is 3.40. The van der Waals surface area contributed by atoms with E-state index in [1.54, 1.807) is 19.0 Å². The summed E-state index contributed by atoms with van der Waals surface area (Å²) >= 11 is 0. The summed E-state index contributed by atoms with van der Waals surface area (Å²) in [5, 5.41) is 3.03. The lowest BCUT2D eigenvalue weighted by Crippen LogP contribution is -2.25. The summed E-state index contributed by atoms with van der Waals surface area (Å²) in [4.78, 5) is 36.6. The van der Waals surface area contributed by atoms with Crippen molar-refractivity contribution in [3.63, 3.8) is 0 Å². The van der Waals surface area contributed by atoms with Gasteiger partial charge in [-0.05, 0) is 24.3 Å². The molecule has 0 spiro atoms. The number of benzene rings is 1. The molecule has 3 aromatic rings. The van der Waals surface area contributed by atoms with Crippen molar-refractivity contribution in [3.05, 3.63) is 58.5 Å². The number of carbonyl (C=O) groups excluding carboxylic acids is 1. The van der Waals surface area contributed by atoms with Crippen molar-refractivity contribution in [2.24, 2.45) is 0 Å². The number of aromatic amines is 1. The second-order valence-electron chi connectivity index (χ2n) is 5.34. The molecule has 24 heavy (non-hydrogen) atoms. The quantitative estimate of drug-likeness (QED) is 0.765. The Balaban J connectivity index is 1.98. The van der Waals surface area contributed by atoms with Crippen molar-refractivity contribution in [2.45, 2.75) is 0 Å². The highest BCUT2D eigenvalue weighted by Gasteiger charge is 2.15. The van der Waals surface area contributed by atoms with Gasteiger partial charge in [0, 0.05) is 25.7 Å². The molecule has 0 aliphatic carbocycles. The number of aromatic nitrogens is 3. The van der Waals surface area contributed by atoms with Gasteiger partial charge in [0.15, 0.2) is 11.5 Å². The number of fused-ring (bicyclic) bond motifs is 1. The molecular weight excluding hydrogens is 313 g/mol. The molecule has 0 radical (unpaired) electrons. The van der Waals surface area contributed by atoms with Crippen LogP contribution in [0.1, 0.15) is 10.4 Å². The molecule has 0 aliphatic heterocycles. The molecule has 122 valence electrons. The molecule has 0 saturated heterocycles. The summed E-state index contributed by atoms with van der Waals surface area (Å²) in [5.41, 5.74) is 0.343. The minimum Gasteiger partial charge on any atom is -0.361 e. The van der Waals surface area contributed by atoms with Crippen LogP contribution in [0.2, 0.25) is 0 Å². The number of halogens is 1. The highest BCUT2D eigenvalue weighted by atomic mass is 19.1. The van der Waals surface area contributed by atoms with E-state index in [1.807, 2.05) is 0 Å². The molecule has 8 heteroatoms. The van der Waals surface area contributed by atoms with Gasteiger partial charge < -0.3 is 15.2 Å². The lowest BCUT2D eigenvalue weighted by molar-refractivity contribution is 0.102. The molecule has 0 atom stereocenters. The fourth-order valence-corrected chi connectivity index (χ4v) is 2.25. The minimum atomic E-state index is -0.532. The number of pyridine rings is 1. The topological polar surface area (TPSA) is 91.0 Å². The standard InChI is InChI=1S/C16H14FN5O2/c1-22(2)14-13(16(24)20-8-19-14)21-15(23)10-5-9-6-11(17)3-4-12(9)18-7-10/h3-8H,1-2H3,(H,21,23)(H,19,20,24). The maximum atomic E-state index is 13.3. The van der Waals surface area contributed by atoms with Gasteiger partial charge in [0.25, 0.3) is 11.5 Å². The number of hydrogen-bond acceptors (Lipinski definition) is 5. The highest BCUT2D eigenvalue weighted by Crippen LogP contribution is 2.18. The van der Waals surface area contributed by atoms with Crippen LogP contribution in [-0.4, -0.2) is 35.0 Å². The molecule has 2 N–H and O–H groups in total. The van der Waals surface area contributed by atoms with E-state index in [9.17, 15) is 14.0 Å². The SMILES string of the molecule is CN(C)c1nc[nH]c(=O)c1NC(=O)c1cnc2ccc(F)cc2c1. The number of nitrogens with one attached hydrogen (secondary N) is 2. The largest absolute Gasteiger partial charge is 0.361 e. The maximum Gasteiger partial charge on any atom is 0.276 e. The highest BCUT2D eigenvalue weighted by molar-refractivity contribution is 6.06. The van der Waals surface area contributed by atoms with Gasteiger partial charge in [-0.2, -0.15) is 0 Å². The fraction of sp³-hybridized carbons (Fsp3) is 0.125. The molecule has 2 heterocycles. The number of carbonyl (C=O) groups is 1. The van der Waals surface area contributed by atoms with Gasteiger partial charge in [-0.25, -0.2) is 9.37 Å².